The van der Waals surface area contributed by atoms with Gasteiger partial charge in [-0.25, -0.2) is 0 Å². The molecule has 1 atom stereocenters. The lowest BCUT2D eigenvalue weighted by Gasteiger charge is -2.23. The van der Waals surface area contributed by atoms with Gasteiger partial charge in [-0.15, -0.1) is 0 Å². The summed E-state index contributed by atoms with van der Waals surface area (Å²) >= 11 is 0. The lowest BCUT2D eigenvalue weighted by atomic mass is 10.1. The molecule has 25 heavy (non-hydrogen) atoms. The summed E-state index contributed by atoms with van der Waals surface area (Å²) in [5.74, 6) is -0.546. The molecule has 0 unspecified atom stereocenters. The molecule has 1 aromatic carbocycles. The van der Waals surface area contributed by atoms with Gasteiger partial charge in [0.05, 0.1) is 23.4 Å². The zero-order chi connectivity index (χ0) is 18.0. The highest BCUT2D eigenvalue weighted by Gasteiger charge is 2.36. The summed E-state index contributed by atoms with van der Waals surface area (Å²) in [7, 11) is 3.76. The first-order valence-electron chi connectivity index (χ1n) is 7.90. The number of benzene rings is 1. The standard InChI is InChI=1S/C18H19N3O4/c1-20(2)14(15-8-5-9-25-15)10-19-16(22)11-21-17(23)12-6-3-4-7-13(12)18(21)24/h3-9,14H,10-11H2,1-2H3,(H,19,22)/t14-/m1/s1. The highest BCUT2D eigenvalue weighted by atomic mass is 16.3. The number of rotatable bonds is 6. The Labute approximate surface area is 145 Å². The van der Waals surface area contributed by atoms with E-state index in [9.17, 15) is 14.4 Å². The van der Waals surface area contributed by atoms with E-state index in [0.29, 0.717) is 17.7 Å². The van der Waals surface area contributed by atoms with Gasteiger partial charge in [-0.2, -0.15) is 0 Å². The van der Waals surface area contributed by atoms with E-state index >= 15 is 0 Å². The Hall–Kier alpha value is -2.93. The van der Waals surface area contributed by atoms with Crippen molar-refractivity contribution in [2.45, 2.75) is 6.04 Å². The summed E-state index contributed by atoms with van der Waals surface area (Å²) in [4.78, 5) is 39.7. The average Bonchev–Trinajstić information content (AvgIpc) is 3.19. The van der Waals surface area contributed by atoms with E-state index in [-0.39, 0.29) is 12.6 Å². The van der Waals surface area contributed by atoms with Crippen molar-refractivity contribution in [3.8, 4) is 0 Å². The Morgan fingerprint density at radius 3 is 2.28 bits per heavy atom. The Balaban J connectivity index is 1.62. The first-order chi connectivity index (χ1) is 12.0. The molecule has 0 bridgehead atoms. The number of nitrogens with zero attached hydrogens (tertiary/aromatic N) is 2. The molecule has 1 aliphatic heterocycles. The molecular weight excluding hydrogens is 322 g/mol. The summed E-state index contributed by atoms with van der Waals surface area (Å²) in [6, 6.07) is 10.0. The number of carbonyl (C=O) groups excluding carboxylic acids is 3. The summed E-state index contributed by atoms with van der Waals surface area (Å²) in [6.07, 6.45) is 1.58. The molecule has 2 aromatic rings. The second-order valence-electron chi connectivity index (χ2n) is 6.04. The fourth-order valence-corrected chi connectivity index (χ4v) is 2.81. The number of amides is 3. The van der Waals surface area contributed by atoms with E-state index in [1.54, 1.807) is 36.6 Å². The molecule has 7 heteroatoms. The van der Waals surface area contributed by atoms with Crippen molar-refractivity contribution in [2.24, 2.45) is 0 Å². The minimum atomic E-state index is -0.439. The van der Waals surface area contributed by atoms with Crippen LogP contribution >= 0.6 is 0 Å². The summed E-state index contributed by atoms with van der Waals surface area (Å²) in [6.45, 7) is 0.00711. The molecular formula is C18H19N3O4. The molecule has 7 nitrogen and oxygen atoms in total. The Morgan fingerprint density at radius 1 is 1.12 bits per heavy atom. The van der Waals surface area contributed by atoms with E-state index < -0.39 is 17.7 Å². The third-order valence-corrected chi connectivity index (χ3v) is 4.17. The number of hydrogen-bond acceptors (Lipinski definition) is 5. The van der Waals surface area contributed by atoms with Gasteiger partial charge in [0.25, 0.3) is 11.8 Å². The summed E-state index contributed by atoms with van der Waals surface area (Å²) in [5.41, 5.74) is 0.670. The van der Waals surface area contributed by atoms with Crippen LogP contribution in [0.3, 0.4) is 0 Å². The summed E-state index contributed by atoms with van der Waals surface area (Å²) in [5, 5.41) is 2.76. The number of nitrogens with one attached hydrogen (secondary N) is 1. The molecule has 0 radical (unpaired) electrons. The predicted octanol–water partition coefficient (Wildman–Crippen LogP) is 1.29. The minimum Gasteiger partial charge on any atom is -0.468 e. The molecule has 3 amide bonds. The van der Waals surface area contributed by atoms with Gasteiger partial charge in [-0.1, -0.05) is 12.1 Å². The van der Waals surface area contributed by atoms with E-state index in [1.165, 1.54) is 0 Å². The largest absolute Gasteiger partial charge is 0.468 e. The van der Waals surface area contributed by atoms with Crippen LogP contribution in [-0.2, 0) is 4.79 Å². The lowest BCUT2D eigenvalue weighted by Crippen LogP contribution is -2.42. The number of hydrogen-bond donors (Lipinski definition) is 1. The first-order valence-corrected chi connectivity index (χ1v) is 7.90. The van der Waals surface area contributed by atoms with Gasteiger partial charge in [-0.3, -0.25) is 24.2 Å². The summed E-state index contributed by atoms with van der Waals surface area (Å²) < 4.78 is 5.39. The molecule has 0 saturated heterocycles. The van der Waals surface area contributed by atoms with Gasteiger partial charge in [0.15, 0.2) is 0 Å². The third kappa shape index (κ3) is 3.32. The highest BCUT2D eigenvalue weighted by Crippen LogP contribution is 2.22. The molecule has 2 heterocycles. The fourth-order valence-electron chi connectivity index (χ4n) is 2.81. The molecule has 0 saturated carbocycles. The Kier molecular flexibility index (Phi) is 4.67. The van der Waals surface area contributed by atoms with E-state index in [2.05, 4.69) is 5.32 Å². The second-order valence-corrected chi connectivity index (χ2v) is 6.04. The molecule has 0 spiro atoms. The average molecular weight is 341 g/mol. The fraction of sp³-hybridized carbons (Fsp3) is 0.278. The van der Waals surface area contributed by atoms with Crippen molar-refractivity contribution in [3.05, 3.63) is 59.5 Å². The van der Waals surface area contributed by atoms with Crippen molar-refractivity contribution in [1.29, 1.82) is 0 Å². The smallest absolute Gasteiger partial charge is 0.262 e. The monoisotopic (exact) mass is 341 g/mol. The van der Waals surface area contributed by atoms with Gasteiger partial charge < -0.3 is 9.73 Å². The normalized spacial score (nSPS) is 14.8. The molecule has 1 aliphatic rings. The quantitative estimate of drug-likeness (QED) is 0.801. The Morgan fingerprint density at radius 2 is 1.76 bits per heavy atom. The van der Waals surface area contributed by atoms with Gasteiger partial charge in [0, 0.05) is 6.54 Å². The van der Waals surface area contributed by atoms with E-state index in [4.69, 9.17) is 4.42 Å². The predicted molar refractivity (Wildman–Crippen MR) is 90.0 cm³/mol. The van der Waals surface area contributed by atoms with Crippen LogP contribution in [0.2, 0.25) is 0 Å². The van der Waals surface area contributed by atoms with Crippen LogP contribution < -0.4 is 5.32 Å². The number of furan rings is 1. The van der Waals surface area contributed by atoms with Gasteiger partial charge in [0.2, 0.25) is 5.91 Å². The molecule has 0 aliphatic carbocycles. The van der Waals surface area contributed by atoms with Crippen LogP contribution in [0.1, 0.15) is 32.5 Å². The number of imide groups is 1. The number of carbonyl (C=O) groups is 3. The van der Waals surface area contributed by atoms with Crippen molar-refractivity contribution in [3.63, 3.8) is 0 Å². The van der Waals surface area contributed by atoms with Gasteiger partial charge in [0.1, 0.15) is 12.3 Å². The molecule has 130 valence electrons. The van der Waals surface area contributed by atoms with E-state index in [0.717, 1.165) is 10.7 Å². The topological polar surface area (TPSA) is 82.9 Å². The van der Waals surface area contributed by atoms with Crippen molar-refractivity contribution >= 4 is 17.7 Å². The second kappa shape index (κ2) is 6.90. The lowest BCUT2D eigenvalue weighted by molar-refractivity contribution is -0.121. The maximum Gasteiger partial charge on any atom is 0.262 e. The maximum atomic E-state index is 12.3. The van der Waals surface area contributed by atoms with Crippen LogP contribution in [0.5, 0.6) is 0 Å². The van der Waals surface area contributed by atoms with Crippen LogP contribution in [-0.4, -0.2) is 54.7 Å². The third-order valence-electron chi connectivity index (χ3n) is 4.17. The van der Waals surface area contributed by atoms with Crippen LogP contribution in [0.15, 0.2) is 47.1 Å². The molecule has 3 rings (SSSR count). The first kappa shape index (κ1) is 16.9. The molecule has 0 fully saturated rings. The zero-order valence-electron chi connectivity index (χ0n) is 14.1. The highest BCUT2D eigenvalue weighted by molar-refractivity contribution is 6.22. The van der Waals surface area contributed by atoms with Crippen molar-refractivity contribution in [1.82, 2.24) is 15.1 Å². The van der Waals surface area contributed by atoms with Crippen LogP contribution in [0, 0.1) is 0 Å². The number of fused-ring (bicyclic) bond motifs is 1. The van der Waals surface area contributed by atoms with Crippen LogP contribution in [0.25, 0.3) is 0 Å². The maximum absolute atomic E-state index is 12.3. The van der Waals surface area contributed by atoms with Crippen molar-refractivity contribution in [2.75, 3.05) is 27.2 Å². The Bertz CT molecular complexity index is 763. The number of likely N-dealkylation sites (N-methyl/N-ethyl adjacent to an activating group) is 1. The molecule has 1 aromatic heterocycles. The van der Waals surface area contributed by atoms with Crippen molar-refractivity contribution < 1.29 is 18.8 Å². The molecule has 1 N–H and O–H groups in total. The SMILES string of the molecule is CN(C)[C@H](CNC(=O)CN1C(=O)c2ccccc2C1=O)c1ccco1. The van der Waals surface area contributed by atoms with Gasteiger partial charge in [-0.05, 0) is 38.4 Å². The van der Waals surface area contributed by atoms with Crippen LogP contribution in [0.4, 0.5) is 0 Å². The zero-order valence-corrected chi connectivity index (χ0v) is 14.1. The van der Waals surface area contributed by atoms with E-state index in [1.807, 2.05) is 25.1 Å². The van der Waals surface area contributed by atoms with Gasteiger partial charge >= 0.3 is 0 Å². The minimum absolute atomic E-state index is 0.138.